The molecule has 0 radical (unpaired) electrons. The molecule has 19 heavy (non-hydrogen) atoms. The van der Waals surface area contributed by atoms with Gasteiger partial charge in [-0.1, -0.05) is 23.7 Å². The average Bonchev–Trinajstić information content (AvgIpc) is 2.69. The minimum Gasteiger partial charge on any atom is -0.409 e. The van der Waals surface area contributed by atoms with Gasteiger partial charge in [-0.3, -0.25) is 0 Å². The molecular weight excluding hydrogens is 378 g/mol. The molecule has 0 saturated carbocycles. The average molecular weight is 391 g/mol. The molecular formula is C9H13BrClN3O3S2. The zero-order valence-electron chi connectivity index (χ0n) is 10.2. The lowest BCUT2D eigenvalue weighted by atomic mass is 10.2. The van der Waals surface area contributed by atoms with Crippen LogP contribution in [0.3, 0.4) is 0 Å². The van der Waals surface area contributed by atoms with Gasteiger partial charge in [0.15, 0.2) is 0 Å². The molecule has 3 N–H and O–H groups in total. The molecule has 1 aromatic rings. The first kappa shape index (κ1) is 16.7. The number of oxime groups is 1. The molecule has 0 aliphatic heterocycles. The third-order valence-corrected chi connectivity index (χ3v) is 7.19. The monoisotopic (exact) mass is 389 g/mol. The molecule has 0 aromatic carbocycles. The van der Waals surface area contributed by atoms with Crippen molar-refractivity contribution in [2.75, 3.05) is 13.6 Å². The molecule has 108 valence electrons. The predicted molar refractivity (Wildman–Crippen MR) is 79.4 cm³/mol. The van der Waals surface area contributed by atoms with Gasteiger partial charge < -0.3 is 10.9 Å². The maximum atomic E-state index is 12.3. The molecule has 1 aromatic heterocycles. The van der Waals surface area contributed by atoms with Gasteiger partial charge in [-0.2, -0.15) is 4.31 Å². The molecule has 1 atom stereocenters. The van der Waals surface area contributed by atoms with Crippen LogP contribution < -0.4 is 5.73 Å². The van der Waals surface area contributed by atoms with Crippen LogP contribution >= 0.6 is 38.9 Å². The largest absolute Gasteiger partial charge is 0.409 e. The van der Waals surface area contributed by atoms with Crippen molar-refractivity contribution < 1.29 is 13.6 Å². The second-order valence-electron chi connectivity index (χ2n) is 3.90. The van der Waals surface area contributed by atoms with E-state index in [1.54, 1.807) is 6.92 Å². The fraction of sp³-hybridized carbons (Fsp3) is 0.444. The lowest BCUT2D eigenvalue weighted by molar-refractivity contribution is 0.312. The van der Waals surface area contributed by atoms with E-state index in [0.29, 0.717) is 8.81 Å². The number of sulfonamides is 1. The number of nitrogens with two attached hydrogens (primary N) is 1. The van der Waals surface area contributed by atoms with E-state index in [9.17, 15) is 8.42 Å². The fourth-order valence-corrected chi connectivity index (χ4v) is 5.15. The Labute approximate surface area is 129 Å². The number of halogens is 2. The van der Waals surface area contributed by atoms with Crippen LogP contribution in [0.1, 0.15) is 6.92 Å². The van der Waals surface area contributed by atoms with Crippen molar-refractivity contribution in [3.8, 4) is 0 Å². The molecule has 0 aliphatic rings. The van der Waals surface area contributed by atoms with E-state index >= 15 is 0 Å². The van der Waals surface area contributed by atoms with E-state index in [1.165, 1.54) is 13.1 Å². The zero-order valence-corrected chi connectivity index (χ0v) is 14.1. The molecule has 0 amide bonds. The Balaban J connectivity index is 2.95. The third-order valence-electron chi connectivity index (χ3n) is 2.44. The molecule has 0 fully saturated rings. The van der Waals surface area contributed by atoms with Gasteiger partial charge in [-0.25, -0.2) is 8.42 Å². The van der Waals surface area contributed by atoms with Crippen LogP contribution in [0.25, 0.3) is 0 Å². The summed E-state index contributed by atoms with van der Waals surface area (Å²) in [5, 5.41) is 11.8. The highest BCUT2D eigenvalue weighted by atomic mass is 79.9. The summed E-state index contributed by atoms with van der Waals surface area (Å²) in [6.45, 7) is 1.77. The van der Waals surface area contributed by atoms with Gasteiger partial charge in [0.25, 0.3) is 10.0 Å². The van der Waals surface area contributed by atoms with Crippen molar-refractivity contribution in [2.45, 2.75) is 11.1 Å². The number of rotatable bonds is 5. The minimum absolute atomic E-state index is 0.0209. The summed E-state index contributed by atoms with van der Waals surface area (Å²) >= 11 is 10.0. The van der Waals surface area contributed by atoms with Gasteiger partial charge in [-0.05, 0) is 22.0 Å². The van der Waals surface area contributed by atoms with Crippen LogP contribution in [-0.4, -0.2) is 37.4 Å². The summed E-state index contributed by atoms with van der Waals surface area (Å²) < 4.78 is 26.4. The highest BCUT2D eigenvalue weighted by Gasteiger charge is 2.26. The Bertz CT molecular complexity index is 568. The first-order valence-electron chi connectivity index (χ1n) is 5.08. The number of hydrogen-bond donors (Lipinski definition) is 2. The van der Waals surface area contributed by atoms with Crippen molar-refractivity contribution >= 4 is 54.7 Å². The lowest BCUT2D eigenvalue weighted by Gasteiger charge is -2.19. The molecule has 1 unspecified atom stereocenters. The predicted octanol–water partition coefficient (Wildman–Crippen LogP) is 2.17. The van der Waals surface area contributed by atoms with Gasteiger partial charge in [0.2, 0.25) is 0 Å². The Morgan fingerprint density at radius 3 is 2.74 bits per heavy atom. The Morgan fingerprint density at radius 1 is 1.74 bits per heavy atom. The zero-order chi connectivity index (χ0) is 14.8. The Hall–Kier alpha value is -0.350. The van der Waals surface area contributed by atoms with Gasteiger partial charge in [-0.15, -0.1) is 11.3 Å². The molecule has 0 saturated heterocycles. The molecule has 1 rings (SSSR count). The number of hydrogen-bond acceptors (Lipinski definition) is 5. The van der Waals surface area contributed by atoms with Gasteiger partial charge in [0.1, 0.15) is 10.0 Å². The molecule has 0 aliphatic carbocycles. The van der Waals surface area contributed by atoms with Crippen molar-refractivity contribution in [1.82, 2.24) is 4.31 Å². The lowest BCUT2D eigenvalue weighted by Crippen LogP contribution is -2.36. The summed E-state index contributed by atoms with van der Waals surface area (Å²) in [6.07, 6.45) is 0. The first-order chi connectivity index (χ1) is 8.70. The summed E-state index contributed by atoms with van der Waals surface area (Å²) in [7, 11) is -2.20. The number of thiophene rings is 1. The van der Waals surface area contributed by atoms with E-state index in [4.69, 9.17) is 22.5 Å². The second kappa shape index (κ2) is 6.40. The van der Waals surface area contributed by atoms with Crippen LogP contribution in [0.2, 0.25) is 5.02 Å². The highest BCUT2D eigenvalue weighted by molar-refractivity contribution is 9.11. The summed E-state index contributed by atoms with van der Waals surface area (Å²) in [5.74, 6) is -0.420. The summed E-state index contributed by atoms with van der Waals surface area (Å²) in [6, 6.07) is 1.39. The van der Waals surface area contributed by atoms with Gasteiger partial charge in [0, 0.05) is 19.5 Å². The summed E-state index contributed by atoms with van der Waals surface area (Å²) in [5.41, 5.74) is 5.43. The van der Waals surface area contributed by atoms with Gasteiger partial charge >= 0.3 is 0 Å². The maximum Gasteiger partial charge on any atom is 0.252 e. The van der Waals surface area contributed by atoms with Crippen molar-refractivity contribution in [1.29, 1.82) is 0 Å². The van der Waals surface area contributed by atoms with Crippen molar-refractivity contribution in [3.05, 3.63) is 14.9 Å². The quantitative estimate of drug-likeness (QED) is 0.348. The summed E-state index contributed by atoms with van der Waals surface area (Å²) in [4.78, 5) is 0. The Kier molecular flexibility index (Phi) is 5.63. The molecule has 0 spiro atoms. The van der Waals surface area contributed by atoms with Gasteiger partial charge in [0.05, 0.1) is 8.81 Å². The maximum absolute atomic E-state index is 12.3. The highest BCUT2D eigenvalue weighted by Crippen LogP contribution is 2.35. The minimum atomic E-state index is -3.63. The normalized spacial score (nSPS) is 14.9. The van der Waals surface area contributed by atoms with Crippen LogP contribution in [0.5, 0.6) is 0 Å². The molecule has 0 bridgehead atoms. The van der Waals surface area contributed by atoms with E-state index in [0.717, 1.165) is 15.6 Å². The Morgan fingerprint density at radius 2 is 2.32 bits per heavy atom. The van der Waals surface area contributed by atoms with Crippen molar-refractivity contribution in [2.24, 2.45) is 16.8 Å². The smallest absolute Gasteiger partial charge is 0.252 e. The topological polar surface area (TPSA) is 96.0 Å². The molecule has 1 heterocycles. The number of amidine groups is 1. The van der Waals surface area contributed by atoms with Crippen molar-refractivity contribution in [3.63, 3.8) is 0 Å². The first-order valence-corrected chi connectivity index (χ1v) is 8.51. The second-order valence-corrected chi connectivity index (χ2v) is 8.95. The van der Waals surface area contributed by atoms with Crippen LogP contribution in [0, 0.1) is 5.92 Å². The van der Waals surface area contributed by atoms with Crippen LogP contribution in [0.15, 0.2) is 19.2 Å². The standard InChI is InChI=1S/C9H13BrClN3O3S2/c1-5(9(12)13-15)4-14(2)19(16,17)7-3-6(11)8(10)18-7/h3,5,15H,4H2,1-2H3,(H2,12,13). The van der Waals surface area contributed by atoms with E-state index < -0.39 is 15.9 Å². The SMILES string of the molecule is CC(CN(C)S(=O)(=O)c1cc(Cl)c(Br)s1)C(N)=NO. The molecule has 6 nitrogen and oxygen atoms in total. The van der Waals surface area contributed by atoms with E-state index in [1.807, 2.05) is 0 Å². The van der Waals surface area contributed by atoms with Crippen LogP contribution in [0.4, 0.5) is 0 Å². The molecule has 10 heteroatoms. The van der Waals surface area contributed by atoms with E-state index in [2.05, 4.69) is 21.1 Å². The fourth-order valence-electron chi connectivity index (χ4n) is 1.28. The van der Waals surface area contributed by atoms with Crippen LogP contribution in [-0.2, 0) is 10.0 Å². The number of nitrogens with zero attached hydrogens (tertiary/aromatic N) is 2. The van der Waals surface area contributed by atoms with E-state index in [-0.39, 0.29) is 16.6 Å². The third kappa shape index (κ3) is 3.82.